The highest BCUT2D eigenvalue weighted by Gasteiger charge is 2.27. The van der Waals surface area contributed by atoms with Crippen molar-refractivity contribution in [1.29, 1.82) is 5.26 Å². The van der Waals surface area contributed by atoms with Gasteiger partial charge < -0.3 is 5.73 Å². The summed E-state index contributed by atoms with van der Waals surface area (Å²) in [5.41, 5.74) is 7.58. The van der Waals surface area contributed by atoms with Crippen molar-refractivity contribution in [3.05, 3.63) is 34.3 Å². The Morgan fingerprint density at radius 2 is 1.90 bits per heavy atom. The van der Waals surface area contributed by atoms with E-state index in [1.165, 1.54) is 5.56 Å². The van der Waals surface area contributed by atoms with E-state index in [4.69, 9.17) is 11.0 Å². The monoisotopic (exact) mass is 337 g/mol. The summed E-state index contributed by atoms with van der Waals surface area (Å²) in [6.07, 6.45) is 1.44. The first kappa shape index (κ1) is 17.2. The highest BCUT2D eigenvalue weighted by molar-refractivity contribution is 9.10. The average molecular weight is 338 g/mol. The van der Waals surface area contributed by atoms with Crippen molar-refractivity contribution in [3.63, 3.8) is 0 Å². The van der Waals surface area contributed by atoms with Crippen molar-refractivity contribution >= 4 is 15.9 Å². The van der Waals surface area contributed by atoms with Gasteiger partial charge in [0.15, 0.2) is 0 Å². The Labute approximate surface area is 130 Å². The lowest BCUT2D eigenvalue weighted by molar-refractivity contribution is 0.133. The summed E-state index contributed by atoms with van der Waals surface area (Å²) in [5.74, 6) is 0. The molecule has 3 nitrogen and oxygen atoms in total. The zero-order valence-electron chi connectivity index (χ0n) is 12.5. The molecule has 20 heavy (non-hydrogen) atoms. The maximum atomic E-state index is 8.87. The summed E-state index contributed by atoms with van der Waals surface area (Å²) < 4.78 is 1.07. The summed E-state index contributed by atoms with van der Waals surface area (Å²) in [7, 11) is 0. The van der Waals surface area contributed by atoms with E-state index >= 15 is 0 Å². The predicted octanol–water partition coefficient (Wildman–Crippen LogP) is 3.85. The minimum absolute atomic E-state index is 0.0669. The Bertz CT molecular complexity index is 436. The minimum atomic E-state index is 0.0669. The van der Waals surface area contributed by atoms with Crippen LogP contribution in [0.1, 0.15) is 45.2 Å². The predicted molar refractivity (Wildman–Crippen MR) is 87.2 cm³/mol. The normalized spacial score (nSPS) is 14.3. The zero-order valence-corrected chi connectivity index (χ0v) is 14.1. The molecule has 0 radical (unpaired) electrons. The van der Waals surface area contributed by atoms with Crippen LogP contribution in [0.15, 0.2) is 28.7 Å². The molecule has 0 bridgehead atoms. The first-order valence-electron chi connectivity index (χ1n) is 7.15. The molecule has 0 saturated heterocycles. The van der Waals surface area contributed by atoms with Gasteiger partial charge in [-0.25, -0.2) is 0 Å². The molecule has 2 unspecified atom stereocenters. The molecule has 110 valence electrons. The van der Waals surface area contributed by atoms with Gasteiger partial charge in [0, 0.05) is 29.5 Å². The van der Waals surface area contributed by atoms with Crippen LogP contribution in [0.3, 0.4) is 0 Å². The molecule has 1 rings (SSSR count). The maximum Gasteiger partial charge on any atom is 0.0635 e. The van der Waals surface area contributed by atoms with Gasteiger partial charge in [0.1, 0.15) is 0 Å². The fourth-order valence-electron chi connectivity index (χ4n) is 2.47. The lowest BCUT2D eigenvalue weighted by Crippen LogP contribution is -2.44. The van der Waals surface area contributed by atoms with Crippen LogP contribution in [0.4, 0.5) is 0 Å². The summed E-state index contributed by atoms with van der Waals surface area (Å²) in [6, 6.07) is 11.1. The van der Waals surface area contributed by atoms with E-state index in [1.807, 2.05) is 12.1 Å². The van der Waals surface area contributed by atoms with Crippen LogP contribution in [-0.4, -0.2) is 23.5 Å². The largest absolute Gasteiger partial charge is 0.326 e. The van der Waals surface area contributed by atoms with Crippen LogP contribution in [-0.2, 0) is 0 Å². The minimum Gasteiger partial charge on any atom is -0.326 e. The second kappa shape index (κ2) is 8.41. The Balaban J connectivity index is 3.09. The Kier molecular flexibility index (Phi) is 7.22. The third kappa shape index (κ3) is 4.59. The number of rotatable bonds is 7. The lowest BCUT2D eigenvalue weighted by Gasteiger charge is -2.38. The van der Waals surface area contributed by atoms with Crippen LogP contribution in [0.25, 0.3) is 0 Å². The summed E-state index contributed by atoms with van der Waals surface area (Å²) in [5, 5.41) is 8.87. The molecule has 0 saturated carbocycles. The van der Waals surface area contributed by atoms with Gasteiger partial charge in [-0.1, -0.05) is 35.0 Å². The fraction of sp³-hybridized carbons (Fsp3) is 0.562. The zero-order chi connectivity index (χ0) is 15.1. The molecule has 0 aromatic heterocycles. The van der Waals surface area contributed by atoms with Crippen molar-refractivity contribution in [3.8, 4) is 6.07 Å². The number of nitrogens with zero attached hydrogens (tertiary/aromatic N) is 2. The van der Waals surface area contributed by atoms with E-state index in [0.29, 0.717) is 12.5 Å². The van der Waals surface area contributed by atoms with Gasteiger partial charge in [-0.2, -0.15) is 5.26 Å². The summed E-state index contributed by atoms with van der Waals surface area (Å²) in [6.45, 7) is 7.18. The van der Waals surface area contributed by atoms with Crippen LogP contribution >= 0.6 is 15.9 Å². The van der Waals surface area contributed by atoms with Crippen molar-refractivity contribution in [2.75, 3.05) is 6.54 Å². The molecule has 1 aromatic rings. The van der Waals surface area contributed by atoms with E-state index in [0.717, 1.165) is 17.4 Å². The molecular weight excluding hydrogens is 314 g/mol. The fourth-order valence-corrected chi connectivity index (χ4v) is 2.73. The Morgan fingerprint density at radius 3 is 2.35 bits per heavy atom. The van der Waals surface area contributed by atoms with E-state index in [2.05, 4.69) is 59.8 Å². The van der Waals surface area contributed by atoms with Crippen molar-refractivity contribution in [2.24, 2.45) is 5.73 Å². The van der Waals surface area contributed by atoms with Gasteiger partial charge in [0.25, 0.3) is 0 Å². The van der Waals surface area contributed by atoms with Gasteiger partial charge >= 0.3 is 0 Å². The topological polar surface area (TPSA) is 53.0 Å². The number of nitrogens with two attached hydrogens (primary N) is 1. The standard InChI is InChI=1S/C16H24BrN3/c1-4-15(19)16(13-6-8-14(17)9-7-13)20(12(2)3)11-5-10-18/h6-9,12,15-16H,4-5,11,19H2,1-3H3. The van der Waals surface area contributed by atoms with Gasteiger partial charge in [-0.15, -0.1) is 0 Å². The quantitative estimate of drug-likeness (QED) is 0.821. The number of hydrogen-bond donors (Lipinski definition) is 1. The SMILES string of the molecule is CCC(N)C(c1ccc(Br)cc1)N(CCC#N)C(C)C. The summed E-state index contributed by atoms with van der Waals surface area (Å²) >= 11 is 3.47. The lowest BCUT2D eigenvalue weighted by atomic mass is 9.95. The Morgan fingerprint density at radius 1 is 1.30 bits per heavy atom. The first-order valence-corrected chi connectivity index (χ1v) is 7.94. The Hall–Kier alpha value is -0.890. The van der Waals surface area contributed by atoms with Crippen molar-refractivity contribution in [2.45, 2.75) is 51.7 Å². The summed E-state index contributed by atoms with van der Waals surface area (Å²) in [4.78, 5) is 2.33. The molecule has 2 atom stereocenters. The van der Waals surface area contributed by atoms with Crippen molar-refractivity contribution < 1.29 is 0 Å². The molecular formula is C16H24BrN3. The molecule has 0 spiro atoms. The van der Waals surface area contributed by atoms with Gasteiger partial charge in [-0.05, 0) is 38.0 Å². The molecule has 0 heterocycles. The van der Waals surface area contributed by atoms with E-state index in [9.17, 15) is 0 Å². The number of benzene rings is 1. The molecule has 2 N–H and O–H groups in total. The highest BCUT2D eigenvalue weighted by atomic mass is 79.9. The van der Waals surface area contributed by atoms with Crippen molar-refractivity contribution in [1.82, 2.24) is 4.90 Å². The van der Waals surface area contributed by atoms with Gasteiger partial charge in [-0.3, -0.25) is 4.90 Å². The third-order valence-electron chi connectivity index (χ3n) is 3.59. The van der Waals surface area contributed by atoms with Crippen LogP contribution in [0.2, 0.25) is 0 Å². The van der Waals surface area contributed by atoms with Gasteiger partial charge in [0.2, 0.25) is 0 Å². The first-order chi connectivity index (χ1) is 9.51. The molecule has 1 aromatic carbocycles. The second-order valence-corrected chi connectivity index (χ2v) is 6.22. The molecule has 0 amide bonds. The third-order valence-corrected chi connectivity index (χ3v) is 4.12. The molecule has 0 fully saturated rings. The highest BCUT2D eigenvalue weighted by Crippen LogP contribution is 2.28. The molecule has 0 aliphatic rings. The number of hydrogen-bond acceptors (Lipinski definition) is 3. The maximum absolute atomic E-state index is 8.87. The van der Waals surface area contributed by atoms with Crippen LogP contribution in [0, 0.1) is 11.3 Å². The smallest absolute Gasteiger partial charge is 0.0635 e. The van der Waals surface area contributed by atoms with E-state index < -0.39 is 0 Å². The number of nitriles is 1. The average Bonchev–Trinajstić information content (AvgIpc) is 2.43. The van der Waals surface area contributed by atoms with E-state index in [-0.39, 0.29) is 12.1 Å². The van der Waals surface area contributed by atoms with Gasteiger partial charge in [0.05, 0.1) is 12.1 Å². The van der Waals surface area contributed by atoms with Crippen LogP contribution in [0.5, 0.6) is 0 Å². The molecule has 4 heteroatoms. The molecule has 0 aliphatic carbocycles. The second-order valence-electron chi connectivity index (χ2n) is 5.31. The van der Waals surface area contributed by atoms with Crippen LogP contribution < -0.4 is 5.73 Å². The molecule has 0 aliphatic heterocycles. The van der Waals surface area contributed by atoms with E-state index in [1.54, 1.807) is 0 Å². The number of halogens is 1.